The van der Waals surface area contributed by atoms with Crippen molar-refractivity contribution in [1.82, 2.24) is 9.80 Å². The summed E-state index contributed by atoms with van der Waals surface area (Å²) < 4.78 is 23.4. The van der Waals surface area contributed by atoms with Gasteiger partial charge in [0.2, 0.25) is 5.91 Å². The Bertz CT molecular complexity index is 1470. The first-order valence-electron chi connectivity index (χ1n) is 15.2. The highest BCUT2D eigenvalue weighted by Crippen LogP contribution is 2.33. The molecule has 43 heavy (non-hydrogen) atoms. The molecule has 230 valence electrons. The highest BCUT2D eigenvalue weighted by molar-refractivity contribution is 7.89. The average Bonchev–Trinajstić information content (AvgIpc) is 2.92. The topological polar surface area (TPSA) is 74.8 Å². The molecule has 0 spiro atoms. The van der Waals surface area contributed by atoms with Gasteiger partial charge < -0.3 is 4.90 Å². The Morgan fingerprint density at radius 1 is 0.837 bits per heavy atom. The summed E-state index contributed by atoms with van der Waals surface area (Å²) in [5.41, 5.74) is 3.93. The average molecular weight is 603 g/mol. The molecule has 2 atom stereocenters. The number of carbonyl (C=O) groups is 2. The van der Waals surface area contributed by atoms with E-state index in [0.717, 1.165) is 18.4 Å². The third-order valence-corrected chi connectivity index (χ3v) is 9.25. The molecular weight excluding hydrogens is 556 g/mol. The summed E-state index contributed by atoms with van der Waals surface area (Å²) in [4.78, 5) is 31.3. The number of sulfone groups is 1. The van der Waals surface area contributed by atoms with Gasteiger partial charge in [-0.25, -0.2) is 8.42 Å². The SMILES string of the molecule is CC(C)(C)C(CC(=O)N1CCN(CC(=O)Cc2cccc(CS(C)(=O)=O)c2)CC1Cc1ccccc1)Cc1ccccc1. The minimum Gasteiger partial charge on any atom is -0.337 e. The van der Waals surface area contributed by atoms with Crippen molar-refractivity contribution in [2.45, 2.75) is 58.2 Å². The Morgan fingerprint density at radius 2 is 1.44 bits per heavy atom. The lowest BCUT2D eigenvalue weighted by molar-refractivity contribution is -0.138. The van der Waals surface area contributed by atoms with Gasteiger partial charge in [-0.2, -0.15) is 0 Å². The smallest absolute Gasteiger partial charge is 0.223 e. The molecule has 6 nitrogen and oxygen atoms in total. The van der Waals surface area contributed by atoms with E-state index in [1.54, 1.807) is 6.07 Å². The molecule has 1 fully saturated rings. The van der Waals surface area contributed by atoms with Crippen molar-refractivity contribution in [3.63, 3.8) is 0 Å². The van der Waals surface area contributed by atoms with Crippen LogP contribution >= 0.6 is 0 Å². The minimum absolute atomic E-state index is 0.0205. The molecule has 1 aliphatic rings. The van der Waals surface area contributed by atoms with Crippen LogP contribution in [0.15, 0.2) is 84.9 Å². The lowest BCUT2D eigenvalue weighted by Gasteiger charge is -2.43. The second-order valence-electron chi connectivity index (χ2n) is 13.2. The fraction of sp³-hybridized carbons (Fsp3) is 0.444. The van der Waals surface area contributed by atoms with Crippen LogP contribution in [0.25, 0.3) is 0 Å². The molecule has 1 aliphatic heterocycles. The Balaban J connectivity index is 1.44. The van der Waals surface area contributed by atoms with Crippen LogP contribution in [0.5, 0.6) is 0 Å². The van der Waals surface area contributed by atoms with E-state index < -0.39 is 9.84 Å². The molecule has 1 saturated heterocycles. The second-order valence-corrected chi connectivity index (χ2v) is 15.4. The molecule has 0 bridgehead atoms. The zero-order valence-electron chi connectivity index (χ0n) is 26.0. The highest BCUT2D eigenvalue weighted by Gasteiger charge is 2.34. The van der Waals surface area contributed by atoms with E-state index in [2.05, 4.69) is 67.0 Å². The number of nitrogens with zero attached hydrogens (tertiary/aromatic N) is 2. The number of Topliss-reactive ketones (excluding diaryl/α,β-unsaturated/α-hetero) is 1. The molecule has 0 radical (unpaired) electrons. The molecule has 0 aliphatic carbocycles. The zero-order chi connectivity index (χ0) is 31.0. The molecule has 7 heteroatoms. The third kappa shape index (κ3) is 10.4. The molecular formula is C36H46N2O4S. The summed E-state index contributed by atoms with van der Waals surface area (Å²) in [5.74, 6) is 0.446. The number of piperazine rings is 1. The fourth-order valence-electron chi connectivity index (χ4n) is 6.03. The summed E-state index contributed by atoms with van der Waals surface area (Å²) in [7, 11) is -3.15. The number of benzene rings is 3. The number of ketones is 1. The Kier molecular flexibility index (Phi) is 11.0. The molecule has 2 unspecified atom stereocenters. The van der Waals surface area contributed by atoms with E-state index in [9.17, 15) is 18.0 Å². The Labute approximate surface area is 258 Å². The molecule has 1 amide bonds. The first-order valence-corrected chi connectivity index (χ1v) is 17.3. The van der Waals surface area contributed by atoms with Crippen molar-refractivity contribution in [3.8, 4) is 0 Å². The van der Waals surface area contributed by atoms with Crippen molar-refractivity contribution in [2.75, 3.05) is 32.4 Å². The monoisotopic (exact) mass is 602 g/mol. The fourth-order valence-corrected chi connectivity index (χ4v) is 6.81. The predicted octanol–water partition coefficient (Wildman–Crippen LogP) is 5.39. The van der Waals surface area contributed by atoms with Crippen LogP contribution in [0.1, 0.15) is 49.4 Å². The Hall–Kier alpha value is -3.29. The molecule has 0 aromatic heterocycles. The van der Waals surface area contributed by atoms with Gasteiger partial charge in [-0.15, -0.1) is 0 Å². The van der Waals surface area contributed by atoms with E-state index in [-0.39, 0.29) is 41.2 Å². The maximum atomic E-state index is 13.9. The van der Waals surface area contributed by atoms with E-state index in [1.807, 2.05) is 42.5 Å². The largest absolute Gasteiger partial charge is 0.337 e. The molecule has 3 aromatic carbocycles. The summed E-state index contributed by atoms with van der Waals surface area (Å²) >= 11 is 0. The van der Waals surface area contributed by atoms with Crippen molar-refractivity contribution in [1.29, 1.82) is 0 Å². The van der Waals surface area contributed by atoms with Gasteiger partial charge in [-0.1, -0.05) is 106 Å². The normalized spacial score (nSPS) is 17.0. The second kappa shape index (κ2) is 14.5. The first-order chi connectivity index (χ1) is 20.4. The summed E-state index contributed by atoms with van der Waals surface area (Å²) in [6.45, 7) is 8.84. The van der Waals surface area contributed by atoms with Gasteiger partial charge in [0.1, 0.15) is 0 Å². The van der Waals surface area contributed by atoms with Gasteiger partial charge in [0.15, 0.2) is 15.6 Å². The predicted molar refractivity (Wildman–Crippen MR) is 173 cm³/mol. The van der Waals surface area contributed by atoms with Crippen LogP contribution < -0.4 is 0 Å². The van der Waals surface area contributed by atoms with Crippen LogP contribution in [-0.2, 0) is 44.4 Å². The number of hydrogen-bond donors (Lipinski definition) is 0. The number of hydrogen-bond acceptors (Lipinski definition) is 5. The van der Waals surface area contributed by atoms with Gasteiger partial charge in [0.05, 0.1) is 12.3 Å². The van der Waals surface area contributed by atoms with Crippen LogP contribution in [0.4, 0.5) is 0 Å². The van der Waals surface area contributed by atoms with Crippen molar-refractivity contribution in [2.24, 2.45) is 11.3 Å². The van der Waals surface area contributed by atoms with Crippen molar-refractivity contribution in [3.05, 3.63) is 107 Å². The quantitative estimate of drug-likeness (QED) is 0.278. The highest BCUT2D eigenvalue weighted by atomic mass is 32.2. The molecule has 3 aromatic rings. The van der Waals surface area contributed by atoms with Crippen molar-refractivity contribution >= 4 is 21.5 Å². The first kappa shape index (κ1) is 32.6. The van der Waals surface area contributed by atoms with Crippen LogP contribution in [0.3, 0.4) is 0 Å². The molecule has 1 heterocycles. The maximum absolute atomic E-state index is 13.9. The summed E-state index contributed by atoms with van der Waals surface area (Å²) in [6.07, 6.45) is 3.57. The molecule has 4 rings (SSSR count). The lowest BCUT2D eigenvalue weighted by atomic mass is 9.75. The van der Waals surface area contributed by atoms with Gasteiger partial charge in [0, 0.05) is 44.8 Å². The number of rotatable bonds is 12. The van der Waals surface area contributed by atoms with Gasteiger partial charge in [-0.3, -0.25) is 14.5 Å². The molecule has 0 saturated carbocycles. The van der Waals surface area contributed by atoms with E-state index in [1.165, 1.54) is 17.4 Å². The van der Waals surface area contributed by atoms with E-state index >= 15 is 0 Å². The summed E-state index contributed by atoms with van der Waals surface area (Å²) in [5, 5.41) is 0. The van der Waals surface area contributed by atoms with E-state index in [0.29, 0.717) is 38.2 Å². The van der Waals surface area contributed by atoms with Gasteiger partial charge in [-0.05, 0) is 46.4 Å². The lowest BCUT2D eigenvalue weighted by Crippen LogP contribution is -2.57. The van der Waals surface area contributed by atoms with Crippen molar-refractivity contribution < 1.29 is 18.0 Å². The number of carbonyl (C=O) groups excluding carboxylic acids is 2. The Morgan fingerprint density at radius 3 is 2.07 bits per heavy atom. The van der Waals surface area contributed by atoms with Crippen LogP contribution in [-0.4, -0.2) is 68.4 Å². The van der Waals surface area contributed by atoms with Gasteiger partial charge >= 0.3 is 0 Å². The van der Waals surface area contributed by atoms with E-state index in [4.69, 9.17) is 0 Å². The van der Waals surface area contributed by atoms with Crippen LogP contribution in [0.2, 0.25) is 0 Å². The zero-order valence-corrected chi connectivity index (χ0v) is 26.9. The minimum atomic E-state index is -3.15. The standard InChI is InChI=1S/C36H46N2O4S/c1-36(2,3)32(21-28-12-7-5-8-13-28)24-35(40)38-19-18-37(25-33(38)22-29-14-9-6-10-15-29)26-34(39)23-30-16-11-17-31(20-30)27-43(4,41)42/h5-17,20,32-33H,18-19,21-27H2,1-4H3. The van der Waals surface area contributed by atoms with Crippen LogP contribution in [0, 0.1) is 11.3 Å². The van der Waals surface area contributed by atoms with Gasteiger partial charge in [0.25, 0.3) is 0 Å². The number of amides is 1. The summed E-state index contributed by atoms with van der Waals surface area (Å²) in [6, 6.07) is 27.9. The maximum Gasteiger partial charge on any atom is 0.223 e. The molecule has 0 N–H and O–H groups in total. The third-order valence-electron chi connectivity index (χ3n) is 8.39.